The van der Waals surface area contributed by atoms with Crippen molar-refractivity contribution < 1.29 is 17.9 Å². The van der Waals surface area contributed by atoms with E-state index in [-0.39, 0.29) is 17.4 Å². The average molecular weight is 261 g/mol. The fraction of sp³-hybridized carbons (Fsp3) is 0.455. The Balaban J connectivity index is 2.92. The van der Waals surface area contributed by atoms with E-state index in [0.29, 0.717) is 0 Å². The summed E-state index contributed by atoms with van der Waals surface area (Å²) < 4.78 is 38.8. The summed E-state index contributed by atoms with van der Waals surface area (Å²) in [7, 11) is -3.71. The van der Waals surface area contributed by atoms with Crippen LogP contribution in [-0.2, 0) is 10.0 Å². The highest BCUT2D eigenvalue weighted by atomic mass is 32.2. The molecule has 2 N–H and O–H groups in total. The summed E-state index contributed by atoms with van der Waals surface area (Å²) in [6.45, 7) is 3.32. The maximum Gasteiger partial charge on any atom is 0.240 e. The number of benzene rings is 1. The molecule has 0 amide bonds. The molecule has 4 nitrogen and oxygen atoms in total. The van der Waals surface area contributed by atoms with Crippen LogP contribution in [0.2, 0.25) is 0 Å². The molecule has 96 valence electrons. The lowest BCUT2D eigenvalue weighted by atomic mass is 10.1. The van der Waals surface area contributed by atoms with E-state index in [9.17, 15) is 12.8 Å². The Morgan fingerprint density at radius 1 is 1.29 bits per heavy atom. The highest BCUT2D eigenvalue weighted by Gasteiger charge is 2.21. The molecule has 0 fully saturated rings. The minimum atomic E-state index is -3.71. The first-order valence-corrected chi connectivity index (χ1v) is 6.74. The zero-order valence-electron chi connectivity index (χ0n) is 9.72. The van der Waals surface area contributed by atoms with Crippen molar-refractivity contribution in [2.45, 2.75) is 24.8 Å². The molecule has 0 saturated carbocycles. The number of aliphatic hydroxyl groups excluding tert-OH is 1. The van der Waals surface area contributed by atoms with Gasteiger partial charge in [-0.3, -0.25) is 0 Å². The smallest absolute Gasteiger partial charge is 0.240 e. The van der Waals surface area contributed by atoms with Crippen LogP contribution in [-0.4, -0.2) is 26.2 Å². The fourth-order valence-electron chi connectivity index (χ4n) is 1.27. The monoisotopic (exact) mass is 261 g/mol. The Labute approximate surface area is 101 Å². The van der Waals surface area contributed by atoms with Crippen molar-refractivity contribution in [1.82, 2.24) is 4.72 Å². The van der Waals surface area contributed by atoms with Crippen molar-refractivity contribution in [3.05, 3.63) is 30.1 Å². The summed E-state index contributed by atoms with van der Waals surface area (Å²) in [5.74, 6) is -0.526. The van der Waals surface area contributed by atoms with Gasteiger partial charge in [0, 0.05) is 6.04 Å². The molecule has 0 bridgehead atoms. The van der Waals surface area contributed by atoms with Crippen molar-refractivity contribution >= 4 is 10.0 Å². The van der Waals surface area contributed by atoms with Gasteiger partial charge in [0.2, 0.25) is 10.0 Å². The zero-order valence-corrected chi connectivity index (χ0v) is 10.5. The maximum atomic E-state index is 12.7. The lowest BCUT2D eigenvalue weighted by molar-refractivity contribution is 0.227. The summed E-state index contributed by atoms with van der Waals surface area (Å²) in [6.07, 6.45) is 0. The van der Waals surface area contributed by atoms with Crippen molar-refractivity contribution in [1.29, 1.82) is 0 Å². The van der Waals surface area contributed by atoms with Gasteiger partial charge in [0.25, 0.3) is 0 Å². The van der Waals surface area contributed by atoms with E-state index in [2.05, 4.69) is 4.72 Å². The number of halogens is 1. The van der Waals surface area contributed by atoms with Crippen LogP contribution in [0.15, 0.2) is 29.2 Å². The topological polar surface area (TPSA) is 66.4 Å². The second-order valence-electron chi connectivity index (χ2n) is 4.11. The predicted octanol–water partition coefficient (Wildman–Crippen LogP) is 1.12. The molecule has 1 aromatic carbocycles. The molecular weight excluding hydrogens is 245 g/mol. The molecule has 17 heavy (non-hydrogen) atoms. The van der Waals surface area contributed by atoms with E-state index in [1.54, 1.807) is 13.8 Å². The summed E-state index contributed by atoms with van der Waals surface area (Å²) in [5, 5.41) is 9.06. The van der Waals surface area contributed by atoms with Gasteiger partial charge in [-0.15, -0.1) is 0 Å². The predicted molar refractivity (Wildman–Crippen MR) is 62.4 cm³/mol. The lowest BCUT2D eigenvalue weighted by Crippen LogP contribution is -2.41. The highest BCUT2D eigenvalue weighted by molar-refractivity contribution is 7.89. The standard InChI is InChI=1S/C11H16FNO3S/c1-8(2)11(7-14)13-17(15,16)10-5-3-9(12)4-6-10/h3-6,8,11,13-14H,7H2,1-2H3. The van der Waals surface area contributed by atoms with E-state index in [4.69, 9.17) is 5.11 Å². The first-order valence-electron chi connectivity index (χ1n) is 5.25. The highest BCUT2D eigenvalue weighted by Crippen LogP contribution is 2.12. The fourth-order valence-corrected chi connectivity index (χ4v) is 2.64. The molecule has 0 saturated heterocycles. The zero-order chi connectivity index (χ0) is 13.1. The maximum absolute atomic E-state index is 12.7. The van der Waals surface area contributed by atoms with Gasteiger partial charge >= 0.3 is 0 Å². The van der Waals surface area contributed by atoms with Crippen LogP contribution in [0, 0.1) is 11.7 Å². The molecule has 1 aromatic rings. The van der Waals surface area contributed by atoms with Crippen molar-refractivity contribution in [3.8, 4) is 0 Å². The molecule has 0 heterocycles. The van der Waals surface area contributed by atoms with Gasteiger partial charge in [0.05, 0.1) is 11.5 Å². The molecular formula is C11H16FNO3S. The van der Waals surface area contributed by atoms with E-state index < -0.39 is 21.9 Å². The average Bonchev–Trinajstić information content (AvgIpc) is 2.26. The third kappa shape index (κ3) is 3.76. The van der Waals surface area contributed by atoms with Crippen LogP contribution in [0.1, 0.15) is 13.8 Å². The van der Waals surface area contributed by atoms with Gasteiger partial charge in [-0.2, -0.15) is 0 Å². The van der Waals surface area contributed by atoms with Crippen LogP contribution >= 0.6 is 0 Å². The summed E-state index contributed by atoms with van der Waals surface area (Å²) >= 11 is 0. The first kappa shape index (κ1) is 14.1. The van der Waals surface area contributed by atoms with Crippen LogP contribution in [0.25, 0.3) is 0 Å². The molecule has 0 spiro atoms. The van der Waals surface area contributed by atoms with Gasteiger partial charge < -0.3 is 5.11 Å². The van der Waals surface area contributed by atoms with E-state index >= 15 is 0 Å². The van der Waals surface area contributed by atoms with Crippen LogP contribution < -0.4 is 4.72 Å². The number of nitrogens with one attached hydrogen (secondary N) is 1. The molecule has 1 rings (SSSR count). The molecule has 0 radical (unpaired) electrons. The molecule has 0 aliphatic heterocycles. The van der Waals surface area contributed by atoms with Gasteiger partial charge in [0.1, 0.15) is 5.82 Å². The minimum Gasteiger partial charge on any atom is -0.395 e. The molecule has 0 aliphatic rings. The largest absolute Gasteiger partial charge is 0.395 e. The molecule has 6 heteroatoms. The minimum absolute atomic E-state index is 0.0157. The molecule has 0 aliphatic carbocycles. The second kappa shape index (κ2) is 5.57. The van der Waals surface area contributed by atoms with E-state index in [1.165, 1.54) is 12.1 Å². The second-order valence-corrected chi connectivity index (χ2v) is 5.82. The van der Waals surface area contributed by atoms with Crippen LogP contribution in [0.4, 0.5) is 4.39 Å². The van der Waals surface area contributed by atoms with Crippen molar-refractivity contribution in [2.75, 3.05) is 6.61 Å². The molecule has 1 atom stereocenters. The third-order valence-electron chi connectivity index (χ3n) is 2.43. The van der Waals surface area contributed by atoms with Gasteiger partial charge in [-0.1, -0.05) is 13.8 Å². The molecule has 1 unspecified atom stereocenters. The van der Waals surface area contributed by atoms with E-state index in [1.807, 2.05) is 0 Å². The third-order valence-corrected chi connectivity index (χ3v) is 3.94. The van der Waals surface area contributed by atoms with Crippen LogP contribution in [0.3, 0.4) is 0 Å². The van der Waals surface area contributed by atoms with Gasteiger partial charge in [-0.25, -0.2) is 17.5 Å². The number of hydrogen-bond acceptors (Lipinski definition) is 3. The number of sulfonamides is 1. The number of aliphatic hydroxyl groups is 1. The Morgan fingerprint density at radius 2 is 1.82 bits per heavy atom. The van der Waals surface area contributed by atoms with Gasteiger partial charge in [0.15, 0.2) is 0 Å². The Morgan fingerprint density at radius 3 is 2.24 bits per heavy atom. The number of rotatable bonds is 5. The van der Waals surface area contributed by atoms with E-state index in [0.717, 1.165) is 12.1 Å². The normalized spacial score (nSPS) is 13.9. The first-order chi connectivity index (χ1) is 7.86. The lowest BCUT2D eigenvalue weighted by Gasteiger charge is -2.19. The quantitative estimate of drug-likeness (QED) is 0.834. The van der Waals surface area contributed by atoms with Crippen LogP contribution in [0.5, 0.6) is 0 Å². The van der Waals surface area contributed by atoms with Gasteiger partial charge in [-0.05, 0) is 30.2 Å². The summed E-state index contributed by atoms with van der Waals surface area (Å²) in [6, 6.07) is 3.99. The summed E-state index contributed by atoms with van der Waals surface area (Å²) in [4.78, 5) is -0.0157. The van der Waals surface area contributed by atoms with Crippen molar-refractivity contribution in [3.63, 3.8) is 0 Å². The Hall–Kier alpha value is -0.980. The summed E-state index contributed by atoms with van der Waals surface area (Å²) in [5.41, 5.74) is 0. The molecule has 0 aromatic heterocycles. The Bertz CT molecular complexity index is 456. The number of hydrogen-bond donors (Lipinski definition) is 2. The SMILES string of the molecule is CC(C)C(CO)NS(=O)(=O)c1ccc(F)cc1. The van der Waals surface area contributed by atoms with Crippen molar-refractivity contribution in [2.24, 2.45) is 5.92 Å². The Kier molecular flexibility index (Phi) is 4.62.